The Morgan fingerprint density at radius 3 is 2.89 bits per heavy atom. The zero-order valence-corrected chi connectivity index (χ0v) is 16.2. The number of rotatable bonds is 6. The van der Waals surface area contributed by atoms with Crippen molar-refractivity contribution in [3.05, 3.63) is 47.3 Å². The van der Waals surface area contributed by atoms with E-state index in [2.05, 4.69) is 32.4 Å². The Hall–Kier alpha value is -2.29. The summed E-state index contributed by atoms with van der Waals surface area (Å²) >= 11 is 1.82. The molecule has 0 bridgehead atoms. The van der Waals surface area contributed by atoms with E-state index in [1.54, 1.807) is 19.3 Å². The molecule has 0 saturated carbocycles. The van der Waals surface area contributed by atoms with Crippen molar-refractivity contribution in [3.63, 3.8) is 0 Å². The Bertz CT molecular complexity index is 769. The quantitative estimate of drug-likeness (QED) is 0.127. The van der Waals surface area contributed by atoms with Crippen LogP contribution >= 0.6 is 11.9 Å². The molecule has 1 aromatic rings. The Kier molecular flexibility index (Phi) is 6.54. The lowest BCUT2D eigenvalue weighted by Crippen LogP contribution is -2.38. The lowest BCUT2D eigenvalue weighted by Gasteiger charge is -2.29. The molecule has 8 heteroatoms. The maximum absolute atomic E-state index is 11.4. The average Bonchev–Trinajstić information content (AvgIpc) is 3.11. The number of nitrogens with zero attached hydrogens (tertiary/aromatic N) is 1. The van der Waals surface area contributed by atoms with Crippen molar-refractivity contribution in [2.75, 3.05) is 25.5 Å². The Labute approximate surface area is 164 Å². The summed E-state index contributed by atoms with van der Waals surface area (Å²) < 4.78 is 2.46. The number of carbonyl (C=O) groups is 1. The van der Waals surface area contributed by atoms with Crippen LogP contribution in [0, 0.1) is 5.41 Å². The highest BCUT2D eigenvalue weighted by Gasteiger charge is 2.28. The molecule has 2 heterocycles. The van der Waals surface area contributed by atoms with Crippen LogP contribution in [0.3, 0.4) is 0 Å². The fraction of sp³-hybridized carbons (Fsp3) is 0.368. The van der Waals surface area contributed by atoms with Gasteiger partial charge in [0.2, 0.25) is 0 Å². The second-order valence-electron chi connectivity index (χ2n) is 6.58. The molecule has 0 aliphatic carbocycles. The normalized spacial score (nSPS) is 18.9. The number of carbonyl (C=O) groups excluding carboxylic acids is 1. The highest BCUT2D eigenvalue weighted by Crippen LogP contribution is 2.40. The van der Waals surface area contributed by atoms with Crippen LogP contribution in [-0.2, 0) is 11.3 Å². The summed E-state index contributed by atoms with van der Waals surface area (Å²) in [5.74, 6) is -0.0101. The number of hydrogen-bond donors (Lipinski definition) is 5. The first-order valence-corrected chi connectivity index (χ1v) is 9.82. The van der Waals surface area contributed by atoms with Gasteiger partial charge in [-0.1, -0.05) is 0 Å². The van der Waals surface area contributed by atoms with Gasteiger partial charge in [-0.05, 0) is 73.9 Å². The number of benzene rings is 1. The van der Waals surface area contributed by atoms with Crippen molar-refractivity contribution in [3.8, 4) is 0 Å². The fourth-order valence-electron chi connectivity index (χ4n) is 3.24. The summed E-state index contributed by atoms with van der Waals surface area (Å²) in [4.78, 5) is 12.6. The number of aldehydes is 1. The van der Waals surface area contributed by atoms with Gasteiger partial charge in [-0.25, -0.2) is 4.31 Å². The molecule has 1 aromatic carbocycles. The van der Waals surface area contributed by atoms with Crippen molar-refractivity contribution >= 4 is 29.8 Å². The van der Waals surface area contributed by atoms with E-state index in [1.165, 1.54) is 23.3 Å². The minimum absolute atomic E-state index is 0.0101. The van der Waals surface area contributed by atoms with Crippen molar-refractivity contribution in [1.29, 1.82) is 5.41 Å². The number of allylic oxidation sites excluding steroid dienone is 1. The summed E-state index contributed by atoms with van der Waals surface area (Å²) in [6, 6.07) is 6.67. The lowest BCUT2D eigenvalue weighted by molar-refractivity contribution is -0.104. The first-order valence-electron chi connectivity index (χ1n) is 9.05. The summed E-state index contributed by atoms with van der Waals surface area (Å²) in [5, 5.41) is 17.4. The molecular weight excluding hydrogens is 360 g/mol. The number of nitrogens with two attached hydrogens (primary N) is 1. The van der Waals surface area contributed by atoms with Crippen LogP contribution in [0.25, 0.3) is 0 Å². The van der Waals surface area contributed by atoms with Crippen LogP contribution in [0.5, 0.6) is 0 Å². The second-order valence-corrected chi connectivity index (χ2v) is 7.67. The number of fused-ring (bicyclic) bond motifs is 1. The Morgan fingerprint density at radius 1 is 1.41 bits per heavy atom. The number of anilines is 1. The van der Waals surface area contributed by atoms with Gasteiger partial charge < -0.3 is 21.7 Å². The monoisotopic (exact) mass is 386 g/mol. The van der Waals surface area contributed by atoms with Gasteiger partial charge in [0, 0.05) is 35.9 Å². The first kappa shape index (κ1) is 19.5. The van der Waals surface area contributed by atoms with Crippen molar-refractivity contribution in [1.82, 2.24) is 14.9 Å². The maximum atomic E-state index is 11.4. The standard InChI is InChI=1S/C19H26N6OS/c1-22-7-6-17(20)16(12-26)19(21)24-14-2-3-18-13(10-14)11-25(27-18)15-4-8-23-9-5-15/h2-3,6-7,10,12,15,22-23H,4-5,8-9,11,20H2,1H3,(H2,21,24)/b7-6-,17-16-. The van der Waals surface area contributed by atoms with Gasteiger partial charge in [0.25, 0.3) is 0 Å². The highest BCUT2D eigenvalue weighted by molar-refractivity contribution is 7.97. The minimum atomic E-state index is -0.0101. The summed E-state index contributed by atoms with van der Waals surface area (Å²) in [5.41, 5.74) is 8.29. The van der Waals surface area contributed by atoms with E-state index >= 15 is 0 Å². The maximum Gasteiger partial charge on any atom is 0.155 e. The van der Waals surface area contributed by atoms with E-state index in [9.17, 15) is 4.79 Å². The lowest BCUT2D eigenvalue weighted by atomic mass is 10.1. The smallest absolute Gasteiger partial charge is 0.155 e. The zero-order chi connectivity index (χ0) is 19.2. The molecule has 0 unspecified atom stereocenters. The Morgan fingerprint density at radius 2 is 2.19 bits per heavy atom. The predicted molar refractivity (Wildman–Crippen MR) is 111 cm³/mol. The topological polar surface area (TPSA) is 106 Å². The molecule has 0 aromatic heterocycles. The minimum Gasteiger partial charge on any atom is -0.398 e. The van der Waals surface area contributed by atoms with Gasteiger partial charge in [0.15, 0.2) is 6.29 Å². The molecule has 3 rings (SSSR count). The molecule has 6 N–H and O–H groups in total. The van der Waals surface area contributed by atoms with E-state index in [4.69, 9.17) is 11.1 Å². The SMILES string of the molecule is CN/C=C\C(N)=C(/C=O)C(=N)Nc1ccc2c(c1)CN(C1CCNCC1)S2. The first-order chi connectivity index (χ1) is 13.1. The molecule has 7 nitrogen and oxygen atoms in total. The van der Waals surface area contributed by atoms with Gasteiger partial charge in [0.05, 0.1) is 5.57 Å². The van der Waals surface area contributed by atoms with Gasteiger partial charge in [-0.2, -0.15) is 0 Å². The second kappa shape index (κ2) is 9.07. The van der Waals surface area contributed by atoms with Crippen LogP contribution < -0.4 is 21.7 Å². The van der Waals surface area contributed by atoms with E-state index in [-0.39, 0.29) is 17.1 Å². The predicted octanol–water partition coefficient (Wildman–Crippen LogP) is 1.80. The van der Waals surface area contributed by atoms with Gasteiger partial charge >= 0.3 is 0 Å². The largest absolute Gasteiger partial charge is 0.398 e. The van der Waals surface area contributed by atoms with Gasteiger partial charge in [-0.3, -0.25) is 10.2 Å². The number of hydrogen-bond acceptors (Lipinski definition) is 7. The summed E-state index contributed by atoms with van der Waals surface area (Å²) in [6.45, 7) is 3.05. The zero-order valence-electron chi connectivity index (χ0n) is 15.4. The average molecular weight is 387 g/mol. The Balaban J connectivity index is 1.69. The molecule has 1 fully saturated rings. The molecule has 27 heavy (non-hydrogen) atoms. The summed E-state index contributed by atoms with van der Waals surface area (Å²) in [7, 11) is 1.74. The van der Waals surface area contributed by atoms with Crippen molar-refractivity contribution < 1.29 is 4.79 Å². The number of piperidine rings is 1. The molecule has 1 saturated heterocycles. The molecule has 2 aliphatic rings. The highest BCUT2D eigenvalue weighted by atomic mass is 32.2. The number of nitrogens with one attached hydrogen (secondary N) is 4. The van der Waals surface area contributed by atoms with E-state index < -0.39 is 0 Å². The fourth-order valence-corrected chi connectivity index (χ4v) is 4.43. The van der Waals surface area contributed by atoms with Crippen LogP contribution in [0.2, 0.25) is 0 Å². The van der Waals surface area contributed by atoms with Crippen LogP contribution in [0.15, 0.2) is 46.6 Å². The molecule has 0 atom stereocenters. The molecular formula is C19H26N6OS. The van der Waals surface area contributed by atoms with Crippen LogP contribution in [0.1, 0.15) is 18.4 Å². The van der Waals surface area contributed by atoms with Crippen LogP contribution in [-0.4, -0.2) is 42.6 Å². The van der Waals surface area contributed by atoms with Crippen molar-refractivity contribution in [2.24, 2.45) is 5.73 Å². The molecule has 2 aliphatic heterocycles. The van der Waals surface area contributed by atoms with Gasteiger partial charge in [0.1, 0.15) is 5.84 Å². The van der Waals surface area contributed by atoms with Gasteiger partial charge in [-0.15, -0.1) is 0 Å². The van der Waals surface area contributed by atoms with E-state index in [0.29, 0.717) is 12.3 Å². The number of amidine groups is 1. The third-order valence-electron chi connectivity index (χ3n) is 4.72. The molecule has 0 amide bonds. The molecule has 144 valence electrons. The molecule has 0 radical (unpaired) electrons. The molecule has 0 spiro atoms. The van der Waals surface area contributed by atoms with E-state index in [0.717, 1.165) is 25.3 Å². The summed E-state index contributed by atoms with van der Waals surface area (Å²) in [6.07, 6.45) is 6.13. The van der Waals surface area contributed by atoms with Crippen LogP contribution in [0.4, 0.5) is 5.69 Å². The third kappa shape index (κ3) is 4.71. The van der Waals surface area contributed by atoms with E-state index in [1.807, 2.05) is 18.0 Å². The van der Waals surface area contributed by atoms with Crippen molar-refractivity contribution in [2.45, 2.75) is 30.3 Å². The third-order valence-corrected chi connectivity index (χ3v) is 5.97.